The molecule has 0 aromatic carbocycles. The Bertz CT molecular complexity index is 252. The highest BCUT2D eigenvalue weighted by molar-refractivity contribution is 14.3. The van der Waals surface area contributed by atoms with E-state index in [1.54, 1.807) is 0 Å². The van der Waals surface area contributed by atoms with Crippen molar-refractivity contribution >= 4 is 73.4 Å². The average Bonchev–Trinajstić information content (AvgIpc) is 1.88. The number of carbonyl (C=O) groups is 1. The van der Waals surface area contributed by atoms with Crippen molar-refractivity contribution < 1.29 is 15.0 Å². The lowest BCUT2D eigenvalue weighted by atomic mass is 10.8. The van der Waals surface area contributed by atoms with Gasteiger partial charge < -0.3 is 10.2 Å². The van der Waals surface area contributed by atoms with E-state index in [4.69, 9.17) is 10.2 Å². The zero-order valence-electron chi connectivity index (χ0n) is 4.51. The van der Waals surface area contributed by atoms with Crippen molar-refractivity contribution in [2.75, 3.05) is 0 Å². The topological polar surface area (TPSA) is 57.5 Å². The maximum Gasteiger partial charge on any atom is 0.347 e. The molecule has 0 aromatic rings. The van der Waals surface area contributed by atoms with Crippen LogP contribution in [0.2, 0.25) is 0 Å². The first-order valence-electron chi connectivity index (χ1n) is 2.09. The van der Waals surface area contributed by atoms with E-state index in [-0.39, 0.29) is 41.5 Å². The molecule has 0 aromatic heterocycles. The summed E-state index contributed by atoms with van der Waals surface area (Å²) in [6.45, 7) is 0. The molecular weight excluding hydrogens is 477 g/mol. The van der Waals surface area contributed by atoms with Crippen molar-refractivity contribution in [2.45, 2.75) is 0 Å². The Morgan fingerprint density at radius 2 is 2.30 bits per heavy atom. The number of hydrogen-bond acceptors (Lipinski definition) is 2. The third-order valence-corrected chi connectivity index (χ3v) is 13.0. The Morgan fingerprint density at radius 1 is 1.60 bits per heavy atom. The van der Waals surface area contributed by atoms with E-state index in [0.717, 1.165) is 0 Å². The quantitative estimate of drug-likeness (QED) is 0.558. The normalized spacial score (nSPS) is 18.5. The first kappa shape index (κ1) is 9.32. The van der Waals surface area contributed by atoms with Crippen LogP contribution in [0.5, 0.6) is 0 Å². The highest BCUT2D eigenvalue weighted by atomic mass is 127. The number of carboxylic acid groups (broad SMARTS) is 1. The summed E-state index contributed by atoms with van der Waals surface area (Å²) in [7, 11) is 0. The van der Waals surface area contributed by atoms with Crippen molar-refractivity contribution in [3.63, 3.8) is 0 Å². The maximum atomic E-state index is 10.4. The van der Waals surface area contributed by atoms with E-state index >= 15 is 0 Å². The molecular formula is C4H3I3O3. The molecule has 0 unspecified atom stereocenters. The lowest BCUT2D eigenvalue weighted by Crippen LogP contribution is -2.04. The minimum absolute atomic E-state index is 0.240. The van der Waals surface area contributed by atoms with Crippen LogP contribution >= 0.6 is 62.2 Å². The molecule has 1 aliphatic heterocycles. The van der Waals surface area contributed by atoms with Crippen LogP contribution in [0.15, 0.2) is 0 Å². The molecule has 0 saturated carbocycles. The van der Waals surface area contributed by atoms with Gasteiger partial charge >= 0.3 is 5.97 Å². The molecule has 0 bridgehead atoms. The summed E-state index contributed by atoms with van der Waals surface area (Å²) in [5.74, 6) is -0.785. The van der Waals surface area contributed by atoms with Gasteiger partial charge in [0.05, 0.1) is 0 Å². The Morgan fingerprint density at radius 3 is 2.70 bits per heavy atom. The van der Waals surface area contributed by atoms with E-state index in [1.807, 2.05) is 2.02 Å². The van der Waals surface area contributed by atoms with E-state index in [9.17, 15) is 4.79 Å². The van der Waals surface area contributed by atoms with Crippen molar-refractivity contribution in [3.8, 4) is 0 Å². The number of halogens is 3. The van der Waals surface area contributed by atoms with Crippen LogP contribution in [0.1, 0.15) is 0 Å². The molecule has 3 nitrogen and oxygen atoms in total. The van der Waals surface area contributed by atoms with Crippen LogP contribution in [-0.2, 0) is 4.79 Å². The second-order valence-corrected chi connectivity index (χ2v) is 14.9. The number of aliphatic hydroxyl groups is 1. The van der Waals surface area contributed by atoms with Gasteiger partial charge in [0.15, 0.2) is 0 Å². The summed E-state index contributed by atoms with van der Waals surface area (Å²) in [5.41, 5.74) is 0. The Hall–Kier alpha value is 1.23. The van der Waals surface area contributed by atoms with Gasteiger partial charge in [0.1, 0.15) is 3.22 Å². The van der Waals surface area contributed by atoms with Gasteiger partial charge in [-0.05, 0) is 41.5 Å². The van der Waals surface area contributed by atoms with Gasteiger partial charge in [0.2, 0.25) is 0 Å². The summed E-state index contributed by atoms with van der Waals surface area (Å²) < 4.78 is 3.14. The van der Waals surface area contributed by atoms with Gasteiger partial charge in [-0.2, -0.15) is 0 Å². The SMILES string of the molecule is O=C(O)C1=IC(O)=IC=I1. The second-order valence-electron chi connectivity index (χ2n) is 1.20. The lowest BCUT2D eigenvalue weighted by Gasteiger charge is -1.95. The zero-order chi connectivity index (χ0) is 7.56. The van der Waals surface area contributed by atoms with E-state index < -0.39 is 26.7 Å². The third-order valence-electron chi connectivity index (χ3n) is 0.591. The van der Waals surface area contributed by atoms with Crippen LogP contribution in [0.3, 0.4) is 0 Å². The number of aliphatic hydroxyl groups excluding tert-OH is 1. The summed E-state index contributed by atoms with van der Waals surface area (Å²) in [6, 6.07) is 0. The fourth-order valence-electron chi connectivity index (χ4n) is 0.288. The maximum absolute atomic E-state index is 10.4. The number of carboxylic acids is 1. The van der Waals surface area contributed by atoms with Crippen LogP contribution in [-0.4, -0.2) is 21.4 Å². The Kier molecular flexibility index (Phi) is 4.01. The van der Waals surface area contributed by atoms with Gasteiger partial charge in [-0.1, -0.05) is 20.7 Å². The minimum atomic E-state index is -0.785. The van der Waals surface area contributed by atoms with Crippen molar-refractivity contribution in [3.05, 3.63) is 0 Å². The Labute approximate surface area is 87.1 Å². The molecule has 2 N–H and O–H groups in total. The van der Waals surface area contributed by atoms with Crippen LogP contribution in [0.4, 0.5) is 0 Å². The van der Waals surface area contributed by atoms with Crippen LogP contribution in [0.25, 0.3) is 0 Å². The van der Waals surface area contributed by atoms with E-state index in [0.29, 0.717) is 3.22 Å². The van der Waals surface area contributed by atoms with Crippen LogP contribution in [0, 0.1) is 0 Å². The Balaban J connectivity index is 2.93. The molecule has 0 atom stereocenters. The highest BCUT2D eigenvalue weighted by Crippen LogP contribution is 2.23. The fraction of sp³-hybridized carbons (Fsp3) is 0. The first-order valence-corrected chi connectivity index (χ1v) is 8.90. The number of hydrogen-bond donors (Lipinski definition) is 2. The molecule has 0 radical (unpaired) electrons. The smallest absolute Gasteiger partial charge is 0.347 e. The minimum Gasteiger partial charge on any atom is -0.477 e. The van der Waals surface area contributed by atoms with Gasteiger partial charge in [-0.25, -0.2) is 4.79 Å². The lowest BCUT2D eigenvalue weighted by molar-refractivity contribution is -0.128. The van der Waals surface area contributed by atoms with E-state index in [2.05, 4.69) is 0 Å². The fourth-order valence-corrected chi connectivity index (χ4v) is 20.3. The van der Waals surface area contributed by atoms with Gasteiger partial charge in [0.25, 0.3) is 0 Å². The van der Waals surface area contributed by atoms with Crippen molar-refractivity contribution in [1.82, 2.24) is 0 Å². The van der Waals surface area contributed by atoms with Crippen molar-refractivity contribution in [1.29, 1.82) is 0 Å². The molecule has 58 valence electrons. The van der Waals surface area contributed by atoms with Gasteiger partial charge in [0, 0.05) is 2.02 Å². The average molecular weight is 480 g/mol. The van der Waals surface area contributed by atoms with E-state index in [1.165, 1.54) is 0 Å². The number of rotatable bonds is 1. The third kappa shape index (κ3) is 2.70. The molecule has 0 spiro atoms. The predicted molar refractivity (Wildman–Crippen MR) is 67.7 cm³/mol. The van der Waals surface area contributed by atoms with Gasteiger partial charge in [-0.3, -0.25) is 0 Å². The molecule has 1 heterocycles. The molecule has 0 aliphatic carbocycles. The first-order chi connectivity index (χ1) is 4.70. The van der Waals surface area contributed by atoms with Crippen molar-refractivity contribution in [2.24, 2.45) is 0 Å². The highest BCUT2D eigenvalue weighted by Gasteiger charge is 2.07. The molecule has 0 amide bonds. The predicted octanol–water partition coefficient (Wildman–Crippen LogP) is 1.35. The molecule has 1 rings (SSSR count). The van der Waals surface area contributed by atoms with Gasteiger partial charge in [-0.15, -0.1) is 0 Å². The summed E-state index contributed by atoms with van der Waals surface area (Å²) in [5, 5.41) is 17.6. The molecule has 0 fully saturated rings. The molecule has 0 saturated heterocycles. The molecule has 1 aliphatic rings. The second kappa shape index (κ2) is 4.30. The van der Waals surface area contributed by atoms with Crippen LogP contribution < -0.4 is 0 Å². The molecule has 6 heteroatoms. The monoisotopic (exact) mass is 480 g/mol. The standard InChI is InChI=1S/C4H3I3O3/c8-3(9)2-5-1-6-4(10)7-2/h1,10H,(H,8,9). The summed E-state index contributed by atoms with van der Waals surface area (Å²) in [4.78, 5) is 10.4. The zero-order valence-corrected chi connectivity index (χ0v) is 11.0. The molecule has 10 heavy (non-hydrogen) atoms. The summed E-state index contributed by atoms with van der Waals surface area (Å²) in [6.07, 6.45) is 0. The summed E-state index contributed by atoms with van der Waals surface area (Å²) >= 11 is -1.15. The number of aliphatic carboxylic acids is 1. The largest absolute Gasteiger partial charge is 0.477 e.